The summed E-state index contributed by atoms with van der Waals surface area (Å²) in [5.74, 6) is 3.43. The van der Waals surface area contributed by atoms with Gasteiger partial charge in [-0.2, -0.15) is 0 Å². The lowest BCUT2D eigenvalue weighted by atomic mass is 10.2. The summed E-state index contributed by atoms with van der Waals surface area (Å²) in [6, 6.07) is 8.59. The van der Waals surface area contributed by atoms with Gasteiger partial charge in [-0.25, -0.2) is 0 Å². The van der Waals surface area contributed by atoms with Gasteiger partial charge in [0.15, 0.2) is 0 Å². The zero-order valence-electron chi connectivity index (χ0n) is 12.5. The molecule has 0 amide bonds. The van der Waals surface area contributed by atoms with Crippen LogP contribution in [0.2, 0.25) is 0 Å². The van der Waals surface area contributed by atoms with E-state index in [0.717, 1.165) is 5.75 Å². The zero-order chi connectivity index (χ0) is 14.1. The van der Waals surface area contributed by atoms with E-state index >= 15 is 0 Å². The number of hydrogen-bond donors (Lipinski definition) is 0. The molecule has 0 saturated heterocycles. The van der Waals surface area contributed by atoms with Gasteiger partial charge in [-0.15, -0.1) is 23.5 Å². The molecule has 0 aliphatic carbocycles. The fourth-order valence-corrected chi connectivity index (χ4v) is 4.24. The second-order valence-corrected chi connectivity index (χ2v) is 7.54. The van der Waals surface area contributed by atoms with Gasteiger partial charge in [-0.1, -0.05) is 26.0 Å². The van der Waals surface area contributed by atoms with E-state index in [2.05, 4.69) is 52.0 Å². The molecule has 0 saturated carbocycles. The molecule has 0 radical (unpaired) electrons. The molecule has 0 bridgehead atoms. The van der Waals surface area contributed by atoms with Gasteiger partial charge in [0.2, 0.25) is 0 Å². The predicted octanol–water partition coefficient (Wildman–Crippen LogP) is 5.76. The van der Waals surface area contributed by atoms with Crippen molar-refractivity contribution in [3.05, 3.63) is 29.8 Å². The molecule has 0 aromatic heterocycles. The monoisotopic (exact) mass is 298 g/mol. The molecule has 19 heavy (non-hydrogen) atoms. The van der Waals surface area contributed by atoms with Crippen LogP contribution in [-0.4, -0.2) is 17.6 Å². The number of hydrogen-bond acceptors (Lipinski definition) is 3. The topological polar surface area (TPSA) is 9.23 Å². The zero-order valence-corrected chi connectivity index (χ0v) is 14.2. The first-order valence-corrected chi connectivity index (χ1v) is 9.27. The molecule has 108 valence electrons. The van der Waals surface area contributed by atoms with Crippen LogP contribution in [-0.2, 0) is 0 Å². The Bertz CT molecular complexity index is 344. The van der Waals surface area contributed by atoms with Crippen LogP contribution in [0.4, 0.5) is 0 Å². The first-order chi connectivity index (χ1) is 9.17. The Labute approximate surface area is 126 Å². The molecule has 0 heterocycles. The van der Waals surface area contributed by atoms with Crippen LogP contribution >= 0.6 is 23.5 Å². The van der Waals surface area contributed by atoms with Crippen molar-refractivity contribution in [1.82, 2.24) is 0 Å². The summed E-state index contributed by atoms with van der Waals surface area (Å²) in [6.07, 6.45) is 2.70. The minimum absolute atomic E-state index is 0.236. The second kappa shape index (κ2) is 9.60. The molecule has 0 atom stereocenters. The third-order valence-corrected chi connectivity index (χ3v) is 5.70. The summed E-state index contributed by atoms with van der Waals surface area (Å²) in [5, 5.41) is 0. The average Bonchev–Trinajstić information content (AvgIpc) is 2.38. The molecule has 1 rings (SSSR count). The van der Waals surface area contributed by atoms with Crippen molar-refractivity contribution in [1.29, 1.82) is 0 Å². The summed E-state index contributed by atoms with van der Waals surface area (Å²) in [7, 11) is 0. The third kappa shape index (κ3) is 6.62. The van der Waals surface area contributed by atoms with Crippen LogP contribution < -0.4 is 4.74 Å². The van der Waals surface area contributed by atoms with E-state index < -0.39 is 0 Å². The summed E-state index contributed by atoms with van der Waals surface area (Å²) in [4.78, 5) is 0. The minimum atomic E-state index is 0.236. The van der Waals surface area contributed by atoms with Gasteiger partial charge >= 0.3 is 0 Å². The Hall–Kier alpha value is -0.280. The normalized spacial score (nSPS) is 11.3. The van der Waals surface area contributed by atoms with Gasteiger partial charge in [0.05, 0.1) is 10.7 Å². The van der Waals surface area contributed by atoms with Gasteiger partial charge in [-0.05, 0) is 55.9 Å². The van der Waals surface area contributed by atoms with Crippen molar-refractivity contribution < 1.29 is 4.74 Å². The van der Waals surface area contributed by atoms with Crippen LogP contribution in [0.25, 0.3) is 0 Å². The SMILES string of the molecule is CCCSC(SCCC)c1cccc(OC(C)C)c1. The van der Waals surface area contributed by atoms with E-state index in [-0.39, 0.29) is 6.10 Å². The molecule has 0 aliphatic heterocycles. The van der Waals surface area contributed by atoms with Gasteiger partial charge in [0, 0.05) is 0 Å². The first-order valence-electron chi connectivity index (χ1n) is 7.17. The van der Waals surface area contributed by atoms with Crippen LogP contribution in [0.3, 0.4) is 0 Å². The first kappa shape index (κ1) is 16.8. The maximum atomic E-state index is 5.80. The molecule has 0 aliphatic rings. The summed E-state index contributed by atoms with van der Waals surface area (Å²) >= 11 is 4.10. The number of thioether (sulfide) groups is 2. The Morgan fingerprint density at radius 3 is 2.21 bits per heavy atom. The van der Waals surface area contributed by atoms with Crippen molar-refractivity contribution in [3.63, 3.8) is 0 Å². The fraction of sp³-hybridized carbons (Fsp3) is 0.625. The van der Waals surface area contributed by atoms with Gasteiger partial charge < -0.3 is 4.74 Å². The smallest absolute Gasteiger partial charge is 0.120 e. The highest BCUT2D eigenvalue weighted by Crippen LogP contribution is 2.41. The Balaban J connectivity index is 2.75. The molecule has 0 spiro atoms. The molecule has 1 nitrogen and oxygen atoms in total. The second-order valence-electron chi connectivity index (χ2n) is 4.81. The lowest BCUT2D eigenvalue weighted by Gasteiger charge is -2.18. The highest BCUT2D eigenvalue weighted by molar-refractivity contribution is 8.16. The molecule has 0 fully saturated rings. The largest absolute Gasteiger partial charge is 0.491 e. The van der Waals surface area contributed by atoms with Crippen molar-refractivity contribution >= 4 is 23.5 Å². The Morgan fingerprint density at radius 2 is 1.68 bits per heavy atom. The van der Waals surface area contributed by atoms with Crippen LogP contribution in [0.15, 0.2) is 24.3 Å². The fourth-order valence-electron chi connectivity index (χ4n) is 1.70. The standard InChI is InChI=1S/C16H26OS2/c1-5-10-18-16(19-11-6-2)14-8-7-9-15(12-14)17-13(3)4/h7-9,12-13,16H,5-6,10-11H2,1-4H3. The third-order valence-electron chi connectivity index (χ3n) is 2.45. The van der Waals surface area contributed by atoms with Crippen molar-refractivity contribution in [3.8, 4) is 5.75 Å². The van der Waals surface area contributed by atoms with E-state index in [4.69, 9.17) is 4.74 Å². The van der Waals surface area contributed by atoms with Gasteiger partial charge in [-0.3, -0.25) is 0 Å². The maximum absolute atomic E-state index is 5.80. The van der Waals surface area contributed by atoms with Crippen molar-refractivity contribution in [2.24, 2.45) is 0 Å². The summed E-state index contributed by atoms with van der Waals surface area (Å²) < 4.78 is 6.33. The van der Waals surface area contributed by atoms with Crippen molar-refractivity contribution in [2.75, 3.05) is 11.5 Å². The lowest BCUT2D eigenvalue weighted by molar-refractivity contribution is 0.242. The molecular formula is C16H26OS2. The lowest BCUT2D eigenvalue weighted by Crippen LogP contribution is -2.05. The molecule has 0 N–H and O–H groups in total. The highest BCUT2D eigenvalue weighted by Gasteiger charge is 2.13. The van der Waals surface area contributed by atoms with E-state index in [1.54, 1.807) is 0 Å². The van der Waals surface area contributed by atoms with Crippen LogP contribution in [0, 0.1) is 0 Å². The summed E-state index contributed by atoms with van der Waals surface area (Å²) in [5.41, 5.74) is 1.38. The number of ether oxygens (including phenoxy) is 1. The van der Waals surface area contributed by atoms with E-state index in [1.807, 2.05) is 23.5 Å². The summed E-state index contributed by atoms with van der Waals surface area (Å²) in [6.45, 7) is 8.63. The van der Waals surface area contributed by atoms with Crippen molar-refractivity contribution in [2.45, 2.75) is 51.2 Å². The van der Waals surface area contributed by atoms with E-state index in [0.29, 0.717) is 4.58 Å². The predicted molar refractivity (Wildman–Crippen MR) is 90.4 cm³/mol. The Kier molecular flexibility index (Phi) is 8.47. The quantitative estimate of drug-likeness (QED) is 0.536. The molecular weight excluding hydrogens is 272 g/mol. The van der Waals surface area contributed by atoms with Gasteiger partial charge in [0.1, 0.15) is 5.75 Å². The van der Waals surface area contributed by atoms with E-state index in [1.165, 1.54) is 29.9 Å². The minimum Gasteiger partial charge on any atom is -0.491 e. The number of rotatable bonds is 9. The van der Waals surface area contributed by atoms with E-state index in [9.17, 15) is 0 Å². The average molecular weight is 299 g/mol. The highest BCUT2D eigenvalue weighted by atomic mass is 32.2. The maximum Gasteiger partial charge on any atom is 0.120 e. The molecule has 0 unspecified atom stereocenters. The molecule has 3 heteroatoms. The molecule has 1 aromatic carbocycles. The van der Waals surface area contributed by atoms with Gasteiger partial charge in [0.25, 0.3) is 0 Å². The number of benzene rings is 1. The van der Waals surface area contributed by atoms with Crippen LogP contribution in [0.1, 0.15) is 50.7 Å². The molecule has 1 aromatic rings. The van der Waals surface area contributed by atoms with Crippen LogP contribution in [0.5, 0.6) is 5.75 Å². The Morgan fingerprint density at radius 1 is 1.05 bits per heavy atom.